The third-order valence-electron chi connectivity index (χ3n) is 4.26. The fourth-order valence-corrected chi connectivity index (χ4v) is 2.92. The number of piperidine rings is 1. The van der Waals surface area contributed by atoms with Crippen molar-refractivity contribution in [3.8, 4) is 0 Å². The van der Waals surface area contributed by atoms with Gasteiger partial charge in [-0.1, -0.05) is 0 Å². The molecule has 27 heavy (non-hydrogen) atoms. The minimum atomic E-state index is -0.465. The zero-order chi connectivity index (χ0) is 19.9. The molecule has 152 valence electrons. The Morgan fingerprint density at radius 3 is 2.81 bits per heavy atom. The van der Waals surface area contributed by atoms with E-state index in [0.29, 0.717) is 19.0 Å². The van der Waals surface area contributed by atoms with Crippen LogP contribution in [0.5, 0.6) is 0 Å². The summed E-state index contributed by atoms with van der Waals surface area (Å²) in [5.41, 5.74) is -0.465. The molecule has 0 aromatic carbocycles. The lowest BCUT2D eigenvalue weighted by Gasteiger charge is -2.34. The van der Waals surface area contributed by atoms with Crippen LogP contribution in [0.3, 0.4) is 0 Å². The van der Waals surface area contributed by atoms with Crippen molar-refractivity contribution in [1.82, 2.24) is 30.3 Å². The molecule has 0 saturated carbocycles. The van der Waals surface area contributed by atoms with Crippen LogP contribution in [0.2, 0.25) is 0 Å². The van der Waals surface area contributed by atoms with E-state index in [4.69, 9.17) is 4.74 Å². The number of amides is 1. The smallest absolute Gasteiger partial charge is 0.410 e. The second kappa shape index (κ2) is 9.57. The van der Waals surface area contributed by atoms with Crippen LogP contribution in [0.15, 0.2) is 11.3 Å². The van der Waals surface area contributed by atoms with Gasteiger partial charge in [0.1, 0.15) is 24.3 Å². The van der Waals surface area contributed by atoms with Crippen LogP contribution in [0, 0.1) is 5.92 Å². The summed E-state index contributed by atoms with van der Waals surface area (Å²) in [5.74, 6) is 1.92. The molecule has 1 unspecified atom stereocenters. The summed E-state index contributed by atoms with van der Waals surface area (Å²) in [6.45, 7) is 11.2. The Morgan fingerprint density at radius 2 is 2.19 bits per heavy atom. The first kappa shape index (κ1) is 21.0. The monoisotopic (exact) mass is 379 g/mol. The van der Waals surface area contributed by atoms with Crippen molar-refractivity contribution in [3.05, 3.63) is 12.2 Å². The highest BCUT2D eigenvalue weighted by atomic mass is 16.6. The number of aliphatic imine (C=N–C) groups is 1. The predicted molar refractivity (Wildman–Crippen MR) is 104 cm³/mol. The van der Waals surface area contributed by atoms with E-state index in [1.54, 1.807) is 4.68 Å². The predicted octanol–water partition coefficient (Wildman–Crippen LogP) is 1.52. The topological polar surface area (TPSA) is 96.7 Å². The number of carbonyl (C=O) groups is 1. The van der Waals surface area contributed by atoms with Crippen molar-refractivity contribution in [2.45, 2.75) is 52.7 Å². The van der Waals surface area contributed by atoms with Gasteiger partial charge in [0, 0.05) is 33.2 Å². The van der Waals surface area contributed by atoms with Gasteiger partial charge in [0.05, 0.1) is 0 Å². The second-order valence-electron chi connectivity index (χ2n) is 7.81. The van der Waals surface area contributed by atoms with Crippen LogP contribution in [0.25, 0.3) is 0 Å². The Labute approximate surface area is 161 Å². The SMILES string of the molecule is CCNC(=NCc1ncnn1C)NCC1CCCN(C(=O)OC(C)(C)C)C1. The number of aromatic nitrogens is 3. The number of nitrogens with one attached hydrogen (secondary N) is 2. The molecule has 0 aliphatic carbocycles. The molecule has 2 heterocycles. The highest BCUT2D eigenvalue weighted by Gasteiger charge is 2.27. The van der Waals surface area contributed by atoms with Gasteiger partial charge in [-0.3, -0.25) is 4.68 Å². The number of guanidine groups is 1. The molecule has 9 nitrogen and oxygen atoms in total. The molecule has 1 aliphatic heterocycles. The highest BCUT2D eigenvalue weighted by Crippen LogP contribution is 2.18. The molecule has 2 N–H and O–H groups in total. The number of aryl methyl sites for hydroxylation is 1. The van der Waals surface area contributed by atoms with Crippen LogP contribution in [-0.2, 0) is 18.3 Å². The molecule has 2 rings (SSSR count). The normalized spacial score (nSPS) is 18.3. The number of nitrogens with zero attached hydrogens (tertiary/aromatic N) is 5. The lowest BCUT2D eigenvalue weighted by Crippen LogP contribution is -2.47. The summed E-state index contributed by atoms with van der Waals surface area (Å²) < 4.78 is 7.21. The van der Waals surface area contributed by atoms with Crippen molar-refractivity contribution in [1.29, 1.82) is 0 Å². The zero-order valence-corrected chi connectivity index (χ0v) is 17.2. The van der Waals surface area contributed by atoms with Crippen molar-refractivity contribution >= 4 is 12.1 Å². The number of rotatable bonds is 5. The first-order valence-electron chi connectivity index (χ1n) is 9.61. The van der Waals surface area contributed by atoms with Crippen LogP contribution >= 0.6 is 0 Å². The van der Waals surface area contributed by atoms with E-state index in [0.717, 1.165) is 44.3 Å². The van der Waals surface area contributed by atoms with Crippen LogP contribution in [-0.4, -0.2) is 63.5 Å². The van der Waals surface area contributed by atoms with Gasteiger partial charge >= 0.3 is 6.09 Å². The van der Waals surface area contributed by atoms with E-state index in [9.17, 15) is 4.79 Å². The Balaban J connectivity index is 1.86. The molecule has 1 aromatic heterocycles. The van der Waals surface area contributed by atoms with Gasteiger partial charge in [-0.15, -0.1) is 0 Å². The molecule has 1 atom stereocenters. The molecule has 1 fully saturated rings. The minimum absolute atomic E-state index is 0.227. The van der Waals surface area contributed by atoms with Crippen LogP contribution in [0.4, 0.5) is 4.79 Å². The van der Waals surface area contributed by atoms with E-state index in [-0.39, 0.29) is 6.09 Å². The molecule has 0 bridgehead atoms. The molecule has 1 saturated heterocycles. The molecule has 1 aromatic rings. The highest BCUT2D eigenvalue weighted by molar-refractivity contribution is 5.79. The molecular formula is C18H33N7O2. The minimum Gasteiger partial charge on any atom is -0.444 e. The Bertz CT molecular complexity index is 636. The molecule has 9 heteroatoms. The number of hydrogen-bond acceptors (Lipinski definition) is 5. The van der Waals surface area contributed by atoms with Crippen molar-refractivity contribution in [3.63, 3.8) is 0 Å². The van der Waals surface area contributed by atoms with E-state index >= 15 is 0 Å². The largest absolute Gasteiger partial charge is 0.444 e. The fourth-order valence-electron chi connectivity index (χ4n) is 2.92. The molecule has 0 spiro atoms. The molecule has 1 aliphatic rings. The van der Waals surface area contributed by atoms with Crippen molar-refractivity contribution < 1.29 is 9.53 Å². The quantitative estimate of drug-likeness (QED) is 0.595. The number of ether oxygens (including phenoxy) is 1. The molecular weight excluding hydrogens is 346 g/mol. The molecule has 1 amide bonds. The van der Waals surface area contributed by atoms with Gasteiger partial charge in [0.2, 0.25) is 0 Å². The van der Waals surface area contributed by atoms with Gasteiger partial charge in [0.25, 0.3) is 0 Å². The fraction of sp³-hybridized carbons (Fsp3) is 0.778. The maximum absolute atomic E-state index is 12.3. The van der Waals surface area contributed by atoms with Gasteiger partial charge in [0.15, 0.2) is 5.96 Å². The Hall–Kier alpha value is -2.32. The van der Waals surface area contributed by atoms with Gasteiger partial charge in [-0.2, -0.15) is 5.10 Å². The van der Waals surface area contributed by atoms with Crippen molar-refractivity contribution in [2.75, 3.05) is 26.2 Å². The average molecular weight is 380 g/mol. The third-order valence-corrected chi connectivity index (χ3v) is 4.26. The summed E-state index contributed by atoms with van der Waals surface area (Å²) >= 11 is 0. The summed E-state index contributed by atoms with van der Waals surface area (Å²) in [6.07, 6.45) is 3.36. The standard InChI is InChI=1S/C18H33N7O2/c1-6-19-16(21-11-15-22-13-23-24(15)5)20-10-14-8-7-9-25(12-14)17(26)27-18(2,3)4/h13-14H,6-12H2,1-5H3,(H2,19,20,21). The summed E-state index contributed by atoms with van der Waals surface area (Å²) in [5, 5.41) is 10.7. The summed E-state index contributed by atoms with van der Waals surface area (Å²) in [6, 6.07) is 0. The maximum atomic E-state index is 12.3. The Morgan fingerprint density at radius 1 is 1.41 bits per heavy atom. The van der Waals surface area contributed by atoms with E-state index < -0.39 is 5.60 Å². The van der Waals surface area contributed by atoms with E-state index in [1.807, 2.05) is 39.6 Å². The number of hydrogen-bond donors (Lipinski definition) is 2. The van der Waals surface area contributed by atoms with E-state index in [2.05, 4.69) is 25.7 Å². The second-order valence-corrected chi connectivity index (χ2v) is 7.81. The van der Waals surface area contributed by atoms with Crippen LogP contribution < -0.4 is 10.6 Å². The third kappa shape index (κ3) is 7.07. The van der Waals surface area contributed by atoms with E-state index in [1.165, 1.54) is 6.33 Å². The first-order valence-corrected chi connectivity index (χ1v) is 9.61. The number of likely N-dealkylation sites (tertiary alicyclic amines) is 1. The Kier molecular flexibility index (Phi) is 7.44. The lowest BCUT2D eigenvalue weighted by molar-refractivity contribution is 0.0168. The van der Waals surface area contributed by atoms with Gasteiger partial charge in [-0.25, -0.2) is 14.8 Å². The van der Waals surface area contributed by atoms with Gasteiger partial charge in [-0.05, 0) is 46.5 Å². The molecule has 0 radical (unpaired) electrons. The maximum Gasteiger partial charge on any atom is 0.410 e. The van der Waals surface area contributed by atoms with Crippen LogP contribution in [0.1, 0.15) is 46.4 Å². The summed E-state index contributed by atoms with van der Waals surface area (Å²) in [7, 11) is 1.85. The first-order chi connectivity index (χ1) is 12.8. The average Bonchev–Trinajstić information content (AvgIpc) is 3.01. The van der Waals surface area contributed by atoms with Gasteiger partial charge < -0.3 is 20.3 Å². The number of carbonyl (C=O) groups excluding carboxylic acids is 1. The lowest BCUT2D eigenvalue weighted by atomic mass is 9.98. The zero-order valence-electron chi connectivity index (χ0n) is 17.2. The van der Waals surface area contributed by atoms with Crippen molar-refractivity contribution in [2.24, 2.45) is 18.0 Å². The summed E-state index contributed by atoms with van der Waals surface area (Å²) in [4.78, 5) is 22.9.